The highest BCUT2D eigenvalue weighted by atomic mass is 32.1. The van der Waals surface area contributed by atoms with Crippen LogP contribution in [0.2, 0.25) is 0 Å². The molecular formula is C16H22N4OS. The van der Waals surface area contributed by atoms with Crippen LogP contribution in [0.4, 0.5) is 0 Å². The van der Waals surface area contributed by atoms with E-state index in [1.54, 1.807) is 18.4 Å². The first-order chi connectivity index (χ1) is 10.7. The fourth-order valence-corrected chi connectivity index (χ4v) is 3.31. The maximum atomic E-state index is 5.19. The van der Waals surface area contributed by atoms with Gasteiger partial charge >= 0.3 is 0 Å². The normalized spacial score (nSPS) is 16.8. The van der Waals surface area contributed by atoms with Gasteiger partial charge in [0.15, 0.2) is 0 Å². The van der Waals surface area contributed by atoms with Crippen LogP contribution in [0.25, 0.3) is 0 Å². The lowest BCUT2D eigenvalue weighted by Crippen LogP contribution is -2.45. The van der Waals surface area contributed by atoms with Crippen LogP contribution in [0.15, 0.2) is 23.6 Å². The van der Waals surface area contributed by atoms with Crippen molar-refractivity contribution in [1.82, 2.24) is 19.8 Å². The van der Waals surface area contributed by atoms with E-state index in [1.807, 2.05) is 12.1 Å². The Bertz CT molecular complexity index is 608. The van der Waals surface area contributed by atoms with Crippen molar-refractivity contribution >= 4 is 11.3 Å². The minimum Gasteiger partial charge on any atom is -0.481 e. The van der Waals surface area contributed by atoms with Gasteiger partial charge in [0, 0.05) is 50.7 Å². The van der Waals surface area contributed by atoms with Crippen molar-refractivity contribution in [3.63, 3.8) is 0 Å². The maximum Gasteiger partial charge on any atom is 0.213 e. The second-order valence-electron chi connectivity index (χ2n) is 5.58. The van der Waals surface area contributed by atoms with Gasteiger partial charge in [-0.25, -0.2) is 9.97 Å². The molecule has 1 aliphatic heterocycles. The molecule has 0 spiro atoms. The van der Waals surface area contributed by atoms with Crippen LogP contribution in [0, 0.1) is 6.92 Å². The van der Waals surface area contributed by atoms with E-state index in [0.717, 1.165) is 50.0 Å². The summed E-state index contributed by atoms with van der Waals surface area (Å²) in [4.78, 5) is 14.0. The fourth-order valence-electron chi connectivity index (χ4n) is 2.70. The number of methoxy groups -OCH3 is 1. The molecule has 2 aromatic rings. The predicted molar refractivity (Wildman–Crippen MR) is 88.2 cm³/mol. The Morgan fingerprint density at radius 2 is 1.73 bits per heavy atom. The number of ether oxygens (including phenoxy) is 1. The summed E-state index contributed by atoms with van der Waals surface area (Å²) in [5, 5.41) is 3.32. The number of aryl methyl sites for hydroxylation is 1. The van der Waals surface area contributed by atoms with Gasteiger partial charge in [-0.1, -0.05) is 6.07 Å². The summed E-state index contributed by atoms with van der Waals surface area (Å²) in [5.74, 6) is 0.690. The Morgan fingerprint density at radius 3 is 2.32 bits per heavy atom. The lowest BCUT2D eigenvalue weighted by atomic mass is 10.2. The highest BCUT2D eigenvalue weighted by Gasteiger charge is 2.18. The third-order valence-electron chi connectivity index (χ3n) is 3.89. The quantitative estimate of drug-likeness (QED) is 0.845. The molecule has 0 bridgehead atoms. The van der Waals surface area contributed by atoms with Crippen molar-refractivity contribution in [3.8, 4) is 5.88 Å². The lowest BCUT2D eigenvalue weighted by Gasteiger charge is -2.34. The molecule has 0 aliphatic carbocycles. The number of rotatable bonds is 5. The van der Waals surface area contributed by atoms with Crippen molar-refractivity contribution in [2.45, 2.75) is 20.0 Å². The molecule has 0 amide bonds. The Morgan fingerprint density at radius 1 is 1.05 bits per heavy atom. The number of hydrogen-bond acceptors (Lipinski definition) is 6. The summed E-state index contributed by atoms with van der Waals surface area (Å²) in [5.41, 5.74) is 2.27. The Labute approximate surface area is 135 Å². The molecule has 1 fully saturated rings. The zero-order chi connectivity index (χ0) is 15.4. The molecule has 0 N–H and O–H groups in total. The highest BCUT2D eigenvalue weighted by Crippen LogP contribution is 2.14. The van der Waals surface area contributed by atoms with E-state index in [2.05, 4.69) is 38.1 Å². The van der Waals surface area contributed by atoms with Crippen LogP contribution >= 0.6 is 11.3 Å². The monoisotopic (exact) mass is 318 g/mol. The minimum atomic E-state index is 0.690. The summed E-state index contributed by atoms with van der Waals surface area (Å²) < 4.78 is 5.19. The molecule has 118 valence electrons. The molecule has 5 nitrogen and oxygen atoms in total. The summed E-state index contributed by atoms with van der Waals surface area (Å²) >= 11 is 1.73. The fraction of sp³-hybridized carbons (Fsp3) is 0.500. The van der Waals surface area contributed by atoms with Gasteiger partial charge in [-0.3, -0.25) is 9.80 Å². The molecule has 2 aromatic heterocycles. The number of hydrogen-bond donors (Lipinski definition) is 0. The molecule has 0 saturated carbocycles. The van der Waals surface area contributed by atoms with Crippen LogP contribution in [-0.2, 0) is 13.1 Å². The zero-order valence-electron chi connectivity index (χ0n) is 13.2. The van der Waals surface area contributed by atoms with E-state index in [1.165, 1.54) is 5.69 Å². The molecule has 22 heavy (non-hydrogen) atoms. The Hall–Kier alpha value is -1.50. The van der Waals surface area contributed by atoms with Crippen LogP contribution < -0.4 is 4.74 Å². The van der Waals surface area contributed by atoms with Crippen molar-refractivity contribution in [1.29, 1.82) is 0 Å². The first-order valence-corrected chi connectivity index (χ1v) is 8.46. The van der Waals surface area contributed by atoms with Crippen LogP contribution in [-0.4, -0.2) is 53.1 Å². The van der Waals surface area contributed by atoms with Gasteiger partial charge in [-0.2, -0.15) is 0 Å². The average molecular weight is 318 g/mol. The Balaban J connectivity index is 1.49. The van der Waals surface area contributed by atoms with E-state index in [4.69, 9.17) is 4.74 Å². The molecule has 0 radical (unpaired) electrons. The highest BCUT2D eigenvalue weighted by molar-refractivity contribution is 7.09. The largest absolute Gasteiger partial charge is 0.481 e. The smallest absolute Gasteiger partial charge is 0.213 e. The summed E-state index contributed by atoms with van der Waals surface area (Å²) in [6.07, 6.45) is 0. The van der Waals surface area contributed by atoms with E-state index < -0.39 is 0 Å². The molecule has 1 aliphatic rings. The molecule has 6 heteroatoms. The summed E-state index contributed by atoms with van der Waals surface area (Å²) in [6.45, 7) is 8.23. The standard InChI is InChI=1S/C16H22N4OS/c1-13-17-15(12-22-13)11-20-8-6-19(7-9-20)10-14-4-3-5-16(18-14)21-2/h3-5,12H,6-11H2,1-2H3. The molecule has 1 saturated heterocycles. The maximum absolute atomic E-state index is 5.19. The number of aromatic nitrogens is 2. The predicted octanol–water partition coefficient (Wildman–Crippen LogP) is 2.17. The van der Waals surface area contributed by atoms with Crippen molar-refractivity contribution < 1.29 is 4.74 Å². The Kier molecular flexibility index (Phi) is 5.02. The lowest BCUT2D eigenvalue weighted by molar-refractivity contribution is 0.120. The second-order valence-corrected chi connectivity index (χ2v) is 6.64. The van der Waals surface area contributed by atoms with Crippen molar-refractivity contribution in [3.05, 3.63) is 40.0 Å². The zero-order valence-corrected chi connectivity index (χ0v) is 14.0. The van der Waals surface area contributed by atoms with Crippen LogP contribution in [0.3, 0.4) is 0 Å². The first-order valence-electron chi connectivity index (χ1n) is 7.58. The van der Waals surface area contributed by atoms with Gasteiger partial charge in [-0.05, 0) is 13.0 Å². The van der Waals surface area contributed by atoms with Crippen LogP contribution in [0.5, 0.6) is 5.88 Å². The molecule has 0 atom stereocenters. The van der Waals surface area contributed by atoms with Gasteiger partial charge in [0.25, 0.3) is 0 Å². The molecule has 0 unspecified atom stereocenters. The minimum absolute atomic E-state index is 0.690. The molecule has 3 heterocycles. The van der Waals surface area contributed by atoms with E-state index in [-0.39, 0.29) is 0 Å². The number of piperazine rings is 1. The number of thiazole rings is 1. The second kappa shape index (κ2) is 7.17. The van der Waals surface area contributed by atoms with Gasteiger partial charge in [0.05, 0.1) is 23.5 Å². The SMILES string of the molecule is COc1cccc(CN2CCN(Cc3csc(C)n3)CC2)n1. The summed E-state index contributed by atoms with van der Waals surface area (Å²) in [7, 11) is 1.66. The van der Waals surface area contributed by atoms with E-state index in [9.17, 15) is 0 Å². The number of pyridine rings is 1. The average Bonchev–Trinajstić information content (AvgIpc) is 2.94. The van der Waals surface area contributed by atoms with Crippen molar-refractivity contribution in [2.75, 3.05) is 33.3 Å². The first kappa shape index (κ1) is 15.4. The number of nitrogens with zero attached hydrogens (tertiary/aromatic N) is 4. The summed E-state index contributed by atoms with van der Waals surface area (Å²) in [6, 6.07) is 5.95. The third-order valence-corrected chi connectivity index (χ3v) is 4.72. The van der Waals surface area contributed by atoms with Gasteiger partial charge in [-0.15, -0.1) is 11.3 Å². The molecule has 0 aromatic carbocycles. The molecule has 3 rings (SSSR count). The van der Waals surface area contributed by atoms with Crippen molar-refractivity contribution in [2.24, 2.45) is 0 Å². The molecular weight excluding hydrogens is 296 g/mol. The topological polar surface area (TPSA) is 41.5 Å². The van der Waals surface area contributed by atoms with Gasteiger partial charge in [0.1, 0.15) is 0 Å². The van der Waals surface area contributed by atoms with Gasteiger partial charge < -0.3 is 4.74 Å². The third kappa shape index (κ3) is 4.03. The van der Waals surface area contributed by atoms with Gasteiger partial charge in [0.2, 0.25) is 5.88 Å². The van der Waals surface area contributed by atoms with E-state index in [0.29, 0.717) is 5.88 Å². The van der Waals surface area contributed by atoms with Crippen LogP contribution in [0.1, 0.15) is 16.4 Å². The van der Waals surface area contributed by atoms with E-state index >= 15 is 0 Å².